The number of benzene rings is 1. The largest absolute Gasteiger partial charge is 0.744 e. The van der Waals surface area contributed by atoms with Gasteiger partial charge in [0.25, 0.3) is 0 Å². The van der Waals surface area contributed by atoms with Crippen LogP contribution in [0.15, 0.2) is 47.9 Å². The van der Waals surface area contributed by atoms with Gasteiger partial charge in [0.05, 0.1) is 18.5 Å². The number of hydrogen-bond acceptors (Lipinski definition) is 3. The van der Waals surface area contributed by atoms with Crippen molar-refractivity contribution in [2.75, 3.05) is 0 Å². The van der Waals surface area contributed by atoms with Gasteiger partial charge in [-0.25, -0.2) is 17.6 Å². The summed E-state index contributed by atoms with van der Waals surface area (Å²) in [6, 6.07) is 6.10. The molecule has 0 bridgehead atoms. The normalized spacial score (nSPS) is 10.9. The van der Waals surface area contributed by atoms with E-state index in [1.807, 2.05) is 7.05 Å². The summed E-state index contributed by atoms with van der Waals surface area (Å²) < 4.78 is 35.8. The molecule has 0 saturated carbocycles. The molecule has 0 spiro atoms. The highest BCUT2D eigenvalue weighted by molar-refractivity contribution is 7.85. The Hall–Kier alpha value is -1.66. The van der Waals surface area contributed by atoms with E-state index in [4.69, 9.17) is 0 Å². The van der Waals surface area contributed by atoms with Crippen LogP contribution in [-0.4, -0.2) is 17.5 Å². The fourth-order valence-corrected chi connectivity index (χ4v) is 2.52. The SMILES string of the molecule is CCCC[n+]1ccn(C)c1.Cc1ccccc1S(=O)(=O)[O-]. The Kier molecular flexibility index (Phi) is 6.58. The summed E-state index contributed by atoms with van der Waals surface area (Å²) in [5, 5.41) is 0. The van der Waals surface area contributed by atoms with Gasteiger partial charge in [-0.2, -0.15) is 0 Å². The zero-order chi connectivity index (χ0) is 15.9. The van der Waals surface area contributed by atoms with Gasteiger partial charge in [0.15, 0.2) is 0 Å². The van der Waals surface area contributed by atoms with Crippen molar-refractivity contribution < 1.29 is 17.5 Å². The number of hydrogen-bond donors (Lipinski definition) is 0. The second-order valence-electron chi connectivity index (χ2n) is 4.89. The highest BCUT2D eigenvalue weighted by Gasteiger charge is 2.02. The Morgan fingerprint density at radius 3 is 2.38 bits per heavy atom. The maximum absolute atomic E-state index is 10.5. The summed E-state index contributed by atoms with van der Waals surface area (Å²) in [4.78, 5) is -0.139. The molecule has 0 radical (unpaired) electrons. The monoisotopic (exact) mass is 310 g/mol. The summed E-state index contributed by atoms with van der Waals surface area (Å²) in [5.74, 6) is 0. The van der Waals surface area contributed by atoms with E-state index in [9.17, 15) is 13.0 Å². The molecule has 1 heterocycles. The van der Waals surface area contributed by atoms with Crippen LogP contribution in [0.2, 0.25) is 0 Å². The molecule has 2 aromatic rings. The molecule has 0 aliphatic carbocycles. The van der Waals surface area contributed by atoms with Crippen LogP contribution in [0.5, 0.6) is 0 Å². The van der Waals surface area contributed by atoms with E-state index < -0.39 is 10.1 Å². The number of unbranched alkanes of at least 4 members (excludes halogenated alkanes) is 1. The van der Waals surface area contributed by atoms with Gasteiger partial charge in [-0.1, -0.05) is 31.5 Å². The summed E-state index contributed by atoms with van der Waals surface area (Å²) in [5.41, 5.74) is 0.488. The van der Waals surface area contributed by atoms with Gasteiger partial charge in [0.1, 0.15) is 22.5 Å². The van der Waals surface area contributed by atoms with Crippen LogP contribution in [-0.2, 0) is 23.7 Å². The molecule has 2 rings (SSSR count). The Morgan fingerprint density at radius 1 is 1.29 bits per heavy atom. The molecule has 21 heavy (non-hydrogen) atoms. The molecule has 5 nitrogen and oxygen atoms in total. The van der Waals surface area contributed by atoms with Crippen LogP contribution >= 0.6 is 0 Å². The van der Waals surface area contributed by atoms with Crippen LogP contribution in [0.25, 0.3) is 0 Å². The van der Waals surface area contributed by atoms with Crippen LogP contribution in [0.4, 0.5) is 0 Å². The summed E-state index contributed by atoms with van der Waals surface area (Å²) >= 11 is 0. The third kappa shape index (κ3) is 6.10. The van der Waals surface area contributed by atoms with Crippen molar-refractivity contribution in [2.24, 2.45) is 7.05 Å². The first-order valence-corrected chi connectivity index (χ1v) is 8.28. The zero-order valence-electron chi connectivity index (χ0n) is 12.7. The average Bonchev–Trinajstić information content (AvgIpc) is 2.82. The van der Waals surface area contributed by atoms with Crippen molar-refractivity contribution in [1.29, 1.82) is 0 Å². The van der Waals surface area contributed by atoms with Crippen molar-refractivity contribution in [1.82, 2.24) is 4.57 Å². The predicted octanol–water partition coefficient (Wildman–Crippen LogP) is 2.01. The van der Waals surface area contributed by atoms with Gasteiger partial charge in [-0.05, 0) is 25.0 Å². The molecule has 0 amide bonds. The molecular formula is C15H22N2O3S. The Labute approximate surface area is 126 Å². The predicted molar refractivity (Wildman–Crippen MR) is 79.7 cm³/mol. The molecule has 0 N–H and O–H groups in total. The second-order valence-corrected chi connectivity index (χ2v) is 6.24. The lowest BCUT2D eigenvalue weighted by atomic mass is 10.2. The van der Waals surface area contributed by atoms with E-state index in [2.05, 4.69) is 34.8 Å². The summed E-state index contributed by atoms with van der Waals surface area (Å²) in [6.45, 7) is 4.95. The van der Waals surface area contributed by atoms with E-state index in [0.29, 0.717) is 5.56 Å². The minimum atomic E-state index is -4.28. The van der Waals surface area contributed by atoms with Crippen molar-refractivity contribution in [3.63, 3.8) is 0 Å². The molecule has 1 aromatic carbocycles. The number of rotatable bonds is 4. The van der Waals surface area contributed by atoms with Crippen molar-refractivity contribution in [3.05, 3.63) is 48.5 Å². The number of nitrogens with zero attached hydrogens (tertiary/aromatic N) is 2. The minimum absolute atomic E-state index is 0.139. The van der Waals surface area contributed by atoms with Crippen LogP contribution in [0, 0.1) is 6.92 Å². The zero-order valence-corrected chi connectivity index (χ0v) is 13.5. The molecule has 0 atom stereocenters. The second kappa shape index (κ2) is 7.95. The Balaban J connectivity index is 0.000000211. The molecule has 0 unspecified atom stereocenters. The highest BCUT2D eigenvalue weighted by atomic mass is 32.2. The fraction of sp³-hybridized carbons (Fsp3) is 0.400. The molecule has 0 aliphatic heterocycles. The van der Waals surface area contributed by atoms with Gasteiger partial charge in [0, 0.05) is 0 Å². The molecule has 116 valence electrons. The lowest BCUT2D eigenvalue weighted by molar-refractivity contribution is -0.696. The van der Waals surface area contributed by atoms with Gasteiger partial charge in [-0.15, -0.1) is 0 Å². The molecule has 1 aromatic heterocycles. The van der Waals surface area contributed by atoms with Crippen molar-refractivity contribution in [2.45, 2.75) is 38.1 Å². The molecule has 0 fully saturated rings. The van der Waals surface area contributed by atoms with Gasteiger partial charge < -0.3 is 4.55 Å². The maximum atomic E-state index is 10.5. The lowest BCUT2D eigenvalue weighted by Crippen LogP contribution is -2.30. The average molecular weight is 310 g/mol. The lowest BCUT2D eigenvalue weighted by Gasteiger charge is -2.08. The standard InChI is InChI=1S/C8H15N2.C7H8O3S/c1-3-4-5-10-7-6-9(2)8-10;1-6-4-2-3-5-7(6)11(8,9)10/h6-8H,3-5H2,1-2H3;2-5H,1H3,(H,8,9,10)/q+1;/p-1. The highest BCUT2D eigenvalue weighted by Crippen LogP contribution is 2.12. The fourth-order valence-electron chi connectivity index (χ4n) is 1.81. The van der Waals surface area contributed by atoms with Gasteiger partial charge in [-0.3, -0.25) is 0 Å². The third-order valence-electron chi connectivity index (χ3n) is 2.96. The topological polar surface area (TPSA) is 66.0 Å². The summed E-state index contributed by atoms with van der Waals surface area (Å²) in [6.07, 6.45) is 8.82. The number of imidazole rings is 1. The van der Waals surface area contributed by atoms with Gasteiger partial charge >= 0.3 is 0 Å². The van der Waals surface area contributed by atoms with E-state index in [-0.39, 0.29) is 4.90 Å². The van der Waals surface area contributed by atoms with Crippen LogP contribution in [0.1, 0.15) is 25.3 Å². The van der Waals surface area contributed by atoms with Crippen molar-refractivity contribution in [3.8, 4) is 0 Å². The molecule has 6 heteroatoms. The van der Waals surface area contributed by atoms with E-state index in [0.717, 1.165) is 6.54 Å². The smallest absolute Gasteiger partial charge is 0.243 e. The molecule has 0 saturated heterocycles. The van der Waals surface area contributed by atoms with Crippen LogP contribution in [0.3, 0.4) is 0 Å². The first kappa shape index (κ1) is 17.4. The summed E-state index contributed by atoms with van der Waals surface area (Å²) in [7, 11) is -2.24. The first-order chi connectivity index (χ1) is 9.84. The molecular weight excluding hydrogens is 288 g/mol. The maximum Gasteiger partial charge on any atom is 0.243 e. The minimum Gasteiger partial charge on any atom is -0.744 e. The molecule has 0 aliphatic rings. The number of aryl methyl sites for hydroxylation is 3. The first-order valence-electron chi connectivity index (χ1n) is 6.87. The number of aromatic nitrogens is 2. The Bertz CT molecular complexity index is 663. The van der Waals surface area contributed by atoms with E-state index >= 15 is 0 Å². The Morgan fingerprint density at radius 2 is 1.95 bits per heavy atom. The van der Waals surface area contributed by atoms with Gasteiger partial charge in [0.2, 0.25) is 6.33 Å². The third-order valence-corrected chi connectivity index (χ3v) is 3.95. The van der Waals surface area contributed by atoms with E-state index in [1.54, 1.807) is 19.1 Å². The van der Waals surface area contributed by atoms with E-state index in [1.165, 1.54) is 25.0 Å². The van der Waals surface area contributed by atoms with Crippen molar-refractivity contribution >= 4 is 10.1 Å². The quantitative estimate of drug-likeness (QED) is 0.641. The van der Waals surface area contributed by atoms with Crippen LogP contribution < -0.4 is 4.57 Å².